The smallest absolute Gasteiger partial charge is 0.338 e. The average molecular weight is 1080 g/mol. The van der Waals surface area contributed by atoms with Gasteiger partial charge in [-0.3, -0.25) is 9.59 Å². The standard InChI is InChI=1S/C21H22Br2FNO4.C20H19Br2ClFNO4/c1-11(2)20(26)25-15-5-12(3)4-14(6-15)10-29-19-16(22)7-13(8-17(19)23)9-18(24)21(27)28;1-10(2)19(26)25-14-4-12(3-13(23)8-14)9-29-18-15(21)5-11(6-16(18)22)7-17(24)20(27)28/h4-8,11,18H,9-10H2,1-3H3,(H,25,26)(H,27,28);3-6,8,10,17H,7,9H2,1-2H3,(H,25,26)(H,27,28). The van der Waals surface area contributed by atoms with Gasteiger partial charge in [0.1, 0.15) is 24.7 Å². The van der Waals surface area contributed by atoms with E-state index in [1.54, 1.807) is 56.3 Å². The van der Waals surface area contributed by atoms with E-state index in [2.05, 4.69) is 74.4 Å². The topological polar surface area (TPSA) is 151 Å². The van der Waals surface area contributed by atoms with Crippen molar-refractivity contribution in [1.82, 2.24) is 0 Å². The Morgan fingerprint density at radius 3 is 1.33 bits per heavy atom. The first kappa shape index (κ1) is 48.8. The normalized spacial score (nSPS) is 12.0. The van der Waals surface area contributed by atoms with E-state index in [0.717, 1.165) is 16.7 Å². The molecule has 10 nitrogen and oxygen atoms in total. The Morgan fingerprint density at radius 1 is 0.603 bits per heavy atom. The predicted octanol–water partition coefficient (Wildman–Crippen LogP) is 11.7. The highest BCUT2D eigenvalue weighted by Gasteiger charge is 2.20. The zero-order chi connectivity index (χ0) is 43.4. The van der Waals surface area contributed by atoms with Crippen LogP contribution in [0.15, 0.2) is 78.6 Å². The molecule has 0 saturated heterocycles. The number of halogens is 7. The Balaban J connectivity index is 0.000000310. The molecule has 0 aromatic heterocycles. The average Bonchev–Trinajstić information content (AvgIpc) is 3.10. The number of nitrogens with one attached hydrogen (secondary N) is 2. The molecule has 0 aliphatic carbocycles. The lowest BCUT2D eigenvalue weighted by atomic mass is 10.1. The number of anilines is 2. The highest BCUT2D eigenvalue weighted by Crippen LogP contribution is 2.37. The molecule has 0 fully saturated rings. The lowest BCUT2D eigenvalue weighted by Gasteiger charge is -2.14. The van der Waals surface area contributed by atoms with Crippen molar-refractivity contribution in [2.24, 2.45) is 11.8 Å². The van der Waals surface area contributed by atoms with E-state index < -0.39 is 24.3 Å². The molecule has 2 amide bonds. The zero-order valence-corrected chi connectivity index (χ0v) is 39.0. The third-order valence-corrected chi connectivity index (χ3v) is 10.5. The quantitative estimate of drug-likeness (QED) is 0.0866. The summed E-state index contributed by atoms with van der Waals surface area (Å²) in [6.45, 7) is 9.61. The number of hydrogen-bond donors (Lipinski definition) is 4. The molecule has 58 heavy (non-hydrogen) atoms. The Bertz CT molecular complexity index is 1940. The molecule has 0 aliphatic rings. The highest BCUT2D eigenvalue weighted by atomic mass is 79.9. The minimum atomic E-state index is -1.98. The van der Waals surface area contributed by atoms with Gasteiger partial charge in [-0.1, -0.05) is 45.4 Å². The molecule has 4 N–H and O–H groups in total. The first-order chi connectivity index (χ1) is 27.1. The predicted molar refractivity (Wildman–Crippen MR) is 234 cm³/mol. The number of amides is 2. The van der Waals surface area contributed by atoms with Crippen molar-refractivity contribution in [3.63, 3.8) is 0 Å². The van der Waals surface area contributed by atoms with Gasteiger partial charge < -0.3 is 30.3 Å². The maximum absolute atomic E-state index is 13.5. The summed E-state index contributed by atoms with van der Waals surface area (Å²) in [6, 6.07) is 17.4. The van der Waals surface area contributed by atoms with E-state index >= 15 is 0 Å². The number of rotatable bonds is 16. The second-order valence-corrected chi connectivity index (χ2v) is 17.6. The van der Waals surface area contributed by atoms with Gasteiger partial charge in [-0.25, -0.2) is 18.4 Å². The van der Waals surface area contributed by atoms with Crippen LogP contribution in [0.5, 0.6) is 11.5 Å². The van der Waals surface area contributed by atoms with E-state index in [1.807, 2.05) is 39.0 Å². The third kappa shape index (κ3) is 15.6. The van der Waals surface area contributed by atoms with E-state index in [-0.39, 0.29) is 49.7 Å². The van der Waals surface area contributed by atoms with E-state index in [4.69, 9.17) is 31.3 Å². The van der Waals surface area contributed by atoms with Crippen LogP contribution in [0.25, 0.3) is 0 Å². The highest BCUT2D eigenvalue weighted by molar-refractivity contribution is 9.11. The fourth-order valence-electron chi connectivity index (χ4n) is 5.03. The summed E-state index contributed by atoms with van der Waals surface area (Å²) in [6.07, 6.45) is -4.43. The van der Waals surface area contributed by atoms with Crippen molar-refractivity contribution in [2.75, 3.05) is 10.6 Å². The van der Waals surface area contributed by atoms with Gasteiger partial charge in [0.15, 0.2) is 0 Å². The summed E-state index contributed by atoms with van der Waals surface area (Å²) in [5, 5.41) is 23.6. The molecule has 312 valence electrons. The monoisotopic (exact) mass is 1080 g/mol. The van der Waals surface area contributed by atoms with Crippen LogP contribution in [0.2, 0.25) is 5.02 Å². The van der Waals surface area contributed by atoms with Crippen LogP contribution in [0.4, 0.5) is 20.2 Å². The number of hydrogen-bond acceptors (Lipinski definition) is 6. The van der Waals surface area contributed by atoms with Gasteiger partial charge in [-0.15, -0.1) is 0 Å². The molecule has 0 heterocycles. The van der Waals surface area contributed by atoms with Gasteiger partial charge in [-0.2, -0.15) is 0 Å². The first-order valence-corrected chi connectivity index (χ1v) is 21.1. The SMILES string of the molecule is CC(C)C(=O)Nc1cc(Cl)cc(COc2c(Br)cc(CC(F)C(=O)O)cc2Br)c1.Cc1cc(COc2c(Br)cc(CC(F)C(=O)O)cc2Br)cc(NC(=O)C(C)C)c1. The minimum absolute atomic E-state index is 0.0592. The number of alkyl halides is 2. The van der Waals surface area contributed by atoms with Crippen molar-refractivity contribution in [3.05, 3.63) is 111 Å². The van der Waals surface area contributed by atoms with E-state index in [9.17, 15) is 28.0 Å². The number of ether oxygens (including phenoxy) is 2. The first-order valence-electron chi connectivity index (χ1n) is 17.6. The number of carbonyl (C=O) groups excluding carboxylic acids is 2. The van der Waals surface area contributed by atoms with Crippen molar-refractivity contribution in [1.29, 1.82) is 0 Å². The van der Waals surface area contributed by atoms with Crippen LogP contribution in [-0.4, -0.2) is 46.3 Å². The third-order valence-electron chi connectivity index (χ3n) is 7.93. The molecule has 0 aliphatic heterocycles. The van der Waals surface area contributed by atoms with Crippen molar-refractivity contribution < 1.29 is 47.6 Å². The van der Waals surface area contributed by atoms with Gasteiger partial charge >= 0.3 is 11.9 Å². The Hall–Kier alpha value is -3.57. The van der Waals surface area contributed by atoms with Gasteiger partial charge in [-0.05, 0) is 153 Å². The fourth-order valence-corrected chi connectivity index (χ4v) is 8.31. The molecule has 2 unspecified atom stereocenters. The largest absolute Gasteiger partial charge is 0.487 e. The molecule has 0 saturated carbocycles. The molecule has 0 spiro atoms. The summed E-state index contributed by atoms with van der Waals surface area (Å²) in [7, 11) is 0. The van der Waals surface area contributed by atoms with Gasteiger partial charge in [0, 0.05) is 41.1 Å². The molecule has 4 aromatic rings. The van der Waals surface area contributed by atoms with E-state index in [0.29, 0.717) is 56.9 Å². The number of carboxylic acid groups (broad SMARTS) is 2. The Labute approximate surface area is 373 Å². The lowest BCUT2D eigenvalue weighted by Crippen LogP contribution is -2.18. The van der Waals surface area contributed by atoms with Crippen LogP contribution >= 0.6 is 75.3 Å². The van der Waals surface area contributed by atoms with Crippen LogP contribution < -0.4 is 20.1 Å². The fraction of sp³-hybridized carbons (Fsp3) is 0.317. The summed E-state index contributed by atoms with van der Waals surface area (Å²) in [5.74, 6) is -2.45. The molecular weight excluding hydrogens is 1040 g/mol. The van der Waals surface area contributed by atoms with Crippen LogP contribution in [-0.2, 0) is 45.2 Å². The molecule has 2 atom stereocenters. The summed E-state index contributed by atoms with van der Waals surface area (Å²) < 4.78 is 41.0. The number of carboxylic acids is 2. The lowest BCUT2D eigenvalue weighted by molar-refractivity contribution is -0.143. The zero-order valence-electron chi connectivity index (χ0n) is 31.9. The summed E-state index contributed by atoms with van der Waals surface area (Å²) in [4.78, 5) is 45.2. The van der Waals surface area contributed by atoms with Gasteiger partial charge in [0.2, 0.25) is 24.2 Å². The molecule has 0 bridgehead atoms. The second-order valence-electron chi connectivity index (χ2n) is 13.7. The van der Waals surface area contributed by atoms with Crippen LogP contribution in [0, 0.1) is 18.8 Å². The molecule has 4 aromatic carbocycles. The molecular formula is C41H41Br4ClF2N2O8. The maximum Gasteiger partial charge on any atom is 0.338 e. The molecule has 17 heteroatoms. The number of benzene rings is 4. The van der Waals surface area contributed by atoms with Crippen molar-refractivity contribution in [2.45, 2.75) is 73.0 Å². The van der Waals surface area contributed by atoms with E-state index in [1.165, 1.54) is 0 Å². The van der Waals surface area contributed by atoms with Crippen LogP contribution in [0.3, 0.4) is 0 Å². The Kier molecular flexibility index (Phi) is 19.1. The number of aryl methyl sites for hydroxylation is 1. The second kappa shape index (κ2) is 22.7. The summed E-state index contributed by atoms with van der Waals surface area (Å²) in [5.41, 5.74) is 4.93. The maximum atomic E-state index is 13.5. The molecule has 0 radical (unpaired) electrons. The van der Waals surface area contributed by atoms with Crippen molar-refractivity contribution >= 4 is 110 Å². The van der Waals surface area contributed by atoms with Crippen LogP contribution in [0.1, 0.15) is 55.5 Å². The van der Waals surface area contributed by atoms with Crippen molar-refractivity contribution in [3.8, 4) is 11.5 Å². The summed E-state index contributed by atoms with van der Waals surface area (Å²) >= 11 is 19.7. The number of carbonyl (C=O) groups is 4. The minimum Gasteiger partial charge on any atom is -0.487 e. The Morgan fingerprint density at radius 2 is 0.966 bits per heavy atom. The van der Waals surface area contributed by atoms with Gasteiger partial charge in [0.05, 0.1) is 17.9 Å². The molecule has 4 rings (SSSR count). The number of aliphatic carboxylic acids is 2. The van der Waals surface area contributed by atoms with Gasteiger partial charge in [0.25, 0.3) is 0 Å².